The molecular formula is C24H27ClF3N5O8. The van der Waals surface area contributed by atoms with Gasteiger partial charge in [0.2, 0.25) is 11.8 Å². The van der Waals surface area contributed by atoms with Crippen LogP contribution in [-0.4, -0.2) is 64.6 Å². The summed E-state index contributed by atoms with van der Waals surface area (Å²) in [7, 11) is 0. The van der Waals surface area contributed by atoms with E-state index in [2.05, 4.69) is 20.9 Å². The van der Waals surface area contributed by atoms with Crippen LogP contribution in [0.3, 0.4) is 0 Å². The van der Waals surface area contributed by atoms with E-state index in [4.69, 9.17) is 26.2 Å². The summed E-state index contributed by atoms with van der Waals surface area (Å²) in [4.78, 5) is 60.0. The van der Waals surface area contributed by atoms with Crippen LogP contribution >= 0.6 is 11.6 Å². The molecule has 1 aromatic heterocycles. The number of alkyl halides is 3. The molecule has 2 rings (SSSR count). The highest BCUT2D eigenvalue weighted by Gasteiger charge is 2.38. The number of aromatic nitrogens is 1. The second-order valence-electron chi connectivity index (χ2n) is 7.92. The van der Waals surface area contributed by atoms with E-state index in [1.165, 1.54) is 18.2 Å². The number of carbonyl (C=O) groups is 4. The number of carboxylic acids is 1. The normalized spacial score (nSPS) is 11.2. The Morgan fingerprint density at radius 2 is 1.85 bits per heavy atom. The van der Waals surface area contributed by atoms with Gasteiger partial charge in [-0.3, -0.25) is 24.5 Å². The molecule has 0 spiro atoms. The Balaban J connectivity index is 0.00000106. The average molecular weight is 606 g/mol. The predicted molar refractivity (Wildman–Crippen MR) is 139 cm³/mol. The first-order valence-corrected chi connectivity index (χ1v) is 12.2. The number of anilines is 1. The Bertz CT molecular complexity index is 1200. The molecule has 1 heterocycles. The quantitative estimate of drug-likeness (QED) is 0.114. The minimum Gasteiger partial charge on any atom is -0.475 e. The molecule has 0 fully saturated rings. The summed E-state index contributed by atoms with van der Waals surface area (Å²) in [6, 6.07) is 8.55. The number of nitro benzene ring substituents is 1. The van der Waals surface area contributed by atoms with E-state index < -0.39 is 35.0 Å². The molecule has 13 nitrogen and oxygen atoms in total. The van der Waals surface area contributed by atoms with E-state index >= 15 is 0 Å². The molecule has 0 aliphatic carbocycles. The lowest BCUT2D eigenvalue weighted by molar-refractivity contribution is -0.384. The number of nitrogens with one attached hydrogen (secondary N) is 3. The van der Waals surface area contributed by atoms with Gasteiger partial charge in [-0.25, -0.2) is 9.78 Å². The maximum absolute atomic E-state index is 12.4. The molecule has 1 aromatic carbocycles. The van der Waals surface area contributed by atoms with Crippen molar-refractivity contribution in [1.29, 1.82) is 0 Å². The molecule has 17 heteroatoms. The summed E-state index contributed by atoms with van der Waals surface area (Å²) in [5.41, 5.74) is -0.0423. The summed E-state index contributed by atoms with van der Waals surface area (Å²) in [6.07, 6.45) is -2.94. The fraction of sp³-hybridized carbons (Fsp3) is 0.375. The number of nitro groups is 1. The molecule has 0 saturated carbocycles. The summed E-state index contributed by atoms with van der Waals surface area (Å²) in [5, 5.41) is 26.5. The zero-order chi connectivity index (χ0) is 31.0. The average Bonchev–Trinajstić information content (AvgIpc) is 2.90. The lowest BCUT2D eigenvalue weighted by Crippen LogP contribution is -2.39. The zero-order valence-electron chi connectivity index (χ0n) is 21.6. The number of benzene rings is 1. The predicted octanol–water partition coefficient (Wildman–Crippen LogP) is 3.40. The Morgan fingerprint density at radius 3 is 2.41 bits per heavy atom. The minimum absolute atomic E-state index is 0.0697. The van der Waals surface area contributed by atoms with E-state index in [9.17, 15) is 37.7 Å². The highest BCUT2D eigenvalue weighted by Crippen LogP contribution is 2.29. The van der Waals surface area contributed by atoms with Crippen molar-refractivity contribution in [1.82, 2.24) is 15.6 Å². The van der Waals surface area contributed by atoms with Crippen LogP contribution in [0, 0.1) is 10.1 Å². The van der Waals surface area contributed by atoms with Crippen molar-refractivity contribution in [3.63, 3.8) is 0 Å². The first-order valence-electron chi connectivity index (χ1n) is 11.8. The lowest BCUT2D eigenvalue weighted by Gasteiger charge is -2.19. The Labute approximate surface area is 236 Å². The molecule has 0 aliphatic rings. The number of halogens is 4. The summed E-state index contributed by atoms with van der Waals surface area (Å²) in [6.45, 7) is 2.00. The number of hydrogen-bond acceptors (Lipinski definition) is 9. The third-order valence-corrected chi connectivity index (χ3v) is 5.14. The van der Waals surface area contributed by atoms with Crippen LogP contribution in [-0.2, 0) is 23.9 Å². The van der Waals surface area contributed by atoms with Gasteiger partial charge in [-0.05, 0) is 37.1 Å². The highest BCUT2D eigenvalue weighted by atomic mass is 35.5. The number of pyridine rings is 1. The van der Waals surface area contributed by atoms with Crippen LogP contribution in [0.2, 0.25) is 5.02 Å². The maximum Gasteiger partial charge on any atom is 0.490 e. The van der Waals surface area contributed by atoms with Gasteiger partial charge in [0, 0.05) is 25.2 Å². The number of carbonyl (C=O) groups excluding carboxylic acids is 3. The standard InChI is InChI=1S/C22H26ClN5O6.C2HF3O2/c1-2-34-22(31)13-17(15-8-9-16(23)18(12-15)28(32)33)27-21(30)14-26-20(29)7-5-11-25-19-6-3-4-10-24-19;3-2(4,5)1(6)7/h3-4,6,8-10,12,17H,2,5,7,11,13-14H2,1H3,(H,24,25)(H,26,29)(H,27,30);(H,6,7). The first-order chi connectivity index (χ1) is 19.2. The summed E-state index contributed by atoms with van der Waals surface area (Å²) < 4.78 is 36.7. The molecule has 1 unspecified atom stereocenters. The van der Waals surface area contributed by atoms with Crippen LogP contribution in [0.25, 0.3) is 0 Å². The van der Waals surface area contributed by atoms with Gasteiger partial charge in [-0.15, -0.1) is 0 Å². The van der Waals surface area contributed by atoms with E-state index in [-0.39, 0.29) is 42.6 Å². The van der Waals surface area contributed by atoms with Crippen LogP contribution in [0.4, 0.5) is 24.7 Å². The van der Waals surface area contributed by atoms with Crippen LogP contribution < -0.4 is 16.0 Å². The number of rotatable bonds is 13. The molecular weight excluding hydrogens is 579 g/mol. The van der Waals surface area contributed by atoms with Crippen LogP contribution in [0.1, 0.15) is 37.8 Å². The molecule has 0 saturated heterocycles. The lowest BCUT2D eigenvalue weighted by atomic mass is 10.0. The zero-order valence-corrected chi connectivity index (χ0v) is 22.3. The van der Waals surface area contributed by atoms with E-state index in [1.54, 1.807) is 19.2 Å². The first kappa shape index (κ1) is 34.6. The second-order valence-corrected chi connectivity index (χ2v) is 8.33. The van der Waals surface area contributed by atoms with Crippen molar-refractivity contribution >= 4 is 46.9 Å². The van der Waals surface area contributed by atoms with Gasteiger partial charge in [0.15, 0.2) is 0 Å². The van der Waals surface area contributed by atoms with Crippen molar-refractivity contribution in [2.75, 3.05) is 25.0 Å². The molecule has 0 bridgehead atoms. The summed E-state index contributed by atoms with van der Waals surface area (Å²) >= 11 is 5.85. The monoisotopic (exact) mass is 605 g/mol. The smallest absolute Gasteiger partial charge is 0.475 e. The molecule has 224 valence electrons. The van der Waals surface area contributed by atoms with Gasteiger partial charge >= 0.3 is 18.1 Å². The fourth-order valence-corrected chi connectivity index (χ4v) is 3.16. The van der Waals surface area contributed by atoms with Gasteiger partial charge in [0.05, 0.1) is 30.5 Å². The topological polar surface area (TPSA) is 190 Å². The van der Waals surface area contributed by atoms with Crippen molar-refractivity contribution < 1.29 is 47.1 Å². The van der Waals surface area contributed by atoms with E-state index in [1.807, 2.05) is 12.1 Å². The third-order valence-electron chi connectivity index (χ3n) is 4.82. The van der Waals surface area contributed by atoms with Gasteiger partial charge < -0.3 is 25.8 Å². The largest absolute Gasteiger partial charge is 0.490 e. The van der Waals surface area contributed by atoms with Crippen molar-refractivity contribution in [2.45, 2.75) is 38.4 Å². The van der Waals surface area contributed by atoms with Crippen LogP contribution in [0.5, 0.6) is 0 Å². The Morgan fingerprint density at radius 1 is 1.17 bits per heavy atom. The Kier molecular flexibility index (Phi) is 14.6. The van der Waals surface area contributed by atoms with Crippen molar-refractivity contribution in [3.8, 4) is 0 Å². The minimum atomic E-state index is -5.08. The Hall–Kier alpha value is -4.47. The number of esters is 1. The SMILES string of the molecule is CCOC(=O)CC(NC(=O)CNC(=O)CCCNc1ccccn1)c1ccc(Cl)c([N+](=O)[O-])c1.O=C(O)C(F)(F)F. The van der Waals surface area contributed by atoms with E-state index in [0.29, 0.717) is 24.3 Å². The van der Waals surface area contributed by atoms with Gasteiger partial charge in [-0.2, -0.15) is 13.2 Å². The molecule has 0 radical (unpaired) electrons. The van der Waals surface area contributed by atoms with Crippen molar-refractivity contribution in [3.05, 3.63) is 63.3 Å². The molecule has 2 amide bonds. The number of amides is 2. The third kappa shape index (κ3) is 13.9. The molecule has 1 atom stereocenters. The number of ether oxygens (including phenoxy) is 1. The molecule has 41 heavy (non-hydrogen) atoms. The van der Waals surface area contributed by atoms with Gasteiger partial charge in [-0.1, -0.05) is 23.7 Å². The van der Waals surface area contributed by atoms with Crippen LogP contribution in [0.15, 0.2) is 42.6 Å². The summed E-state index contributed by atoms with van der Waals surface area (Å²) in [5.74, 6) is -3.52. The van der Waals surface area contributed by atoms with Crippen molar-refractivity contribution in [2.24, 2.45) is 0 Å². The number of carboxylic acid groups (broad SMARTS) is 1. The molecule has 4 N–H and O–H groups in total. The number of nitrogens with zero attached hydrogens (tertiary/aromatic N) is 2. The van der Waals surface area contributed by atoms with E-state index in [0.717, 1.165) is 0 Å². The van der Waals surface area contributed by atoms with Gasteiger partial charge in [0.1, 0.15) is 10.8 Å². The number of hydrogen-bond donors (Lipinski definition) is 4. The number of aliphatic carboxylic acids is 1. The van der Waals surface area contributed by atoms with Gasteiger partial charge in [0.25, 0.3) is 5.69 Å². The molecule has 0 aliphatic heterocycles. The molecule has 2 aromatic rings. The maximum atomic E-state index is 12.4. The highest BCUT2D eigenvalue weighted by molar-refractivity contribution is 6.32. The second kappa shape index (κ2) is 17.3. The fourth-order valence-electron chi connectivity index (χ4n) is 2.97.